The van der Waals surface area contributed by atoms with Crippen molar-refractivity contribution in [2.45, 2.75) is 25.3 Å². The van der Waals surface area contributed by atoms with Gasteiger partial charge in [-0.1, -0.05) is 0 Å². The molecule has 0 N–H and O–H groups in total. The molecule has 1 saturated heterocycles. The molecule has 16 heavy (non-hydrogen) atoms. The number of benzene rings is 1. The van der Waals surface area contributed by atoms with E-state index in [0.717, 1.165) is 18.2 Å². The second-order valence-electron chi connectivity index (χ2n) is 4.76. The molecule has 0 spiro atoms. The molecular formula is C12H14N2O2. The summed E-state index contributed by atoms with van der Waals surface area (Å²) < 4.78 is 0. The number of non-ortho nitro benzene ring substituents is 1. The van der Waals surface area contributed by atoms with Gasteiger partial charge < -0.3 is 4.90 Å². The molecule has 1 saturated carbocycles. The average molecular weight is 218 g/mol. The molecule has 0 aromatic heterocycles. The van der Waals surface area contributed by atoms with Crippen LogP contribution < -0.4 is 4.90 Å². The maximum Gasteiger partial charge on any atom is 0.269 e. The van der Waals surface area contributed by atoms with Crippen LogP contribution in [-0.2, 0) is 0 Å². The number of piperidine rings is 1. The van der Waals surface area contributed by atoms with Crippen molar-refractivity contribution >= 4 is 11.4 Å². The standard InChI is InChI=1S/C12H14N2O2/c15-14(16)11-5-3-10(4-6-11)13-8-9-1-2-12(13)7-9/h3-6,9,12H,1-2,7-8H2. The predicted molar refractivity (Wildman–Crippen MR) is 61.6 cm³/mol. The summed E-state index contributed by atoms with van der Waals surface area (Å²) in [7, 11) is 0. The summed E-state index contributed by atoms with van der Waals surface area (Å²) in [4.78, 5) is 12.6. The molecule has 1 aliphatic carbocycles. The van der Waals surface area contributed by atoms with Crippen LogP contribution in [0.2, 0.25) is 0 Å². The van der Waals surface area contributed by atoms with Crippen LogP contribution >= 0.6 is 0 Å². The third-order valence-corrected chi connectivity index (χ3v) is 3.80. The van der Waals surface area contributed by atoms with Gasteiger partial charge in [0.25, 0.3) is 5.69 Å². The van der Waals surface area contributed by atoms with E-state index >= 15 is 0 Å². The summed E-state index contributed by atoms with van der Waals surface area (Å²) in [6.45, 7) is 1.13. The smallest absolute Gasteiger partial charge is 0.269 e. The predicted octanol–water partition coefficient (Wildman–Crippen LogP) is 2.58. The van der Waals surface area contributed by atoms with E-state index in [2.05, 4.69) is 4.90 Å². The fraction of sp³-hybridized carbons (Fsp3) is 0.500. The van der Waals surface area contributed by atoms with E-state index in [9.17, 15) is 10.1 Å². The van der Waals surface area contributed by atoms with Gasteiger partial charge in [-0.25, -0.2) is 0 Å². The molecule has 1 aliphatic heterocycles. The Morgan fingerprint density at radius 2 is 2.00 bits per heavy atom. The van der Waals surface area contributed by atoms with Crippen molar-refractivity contribution in [3.05, 3.63) is 34.4 Å². The Hall–Kier alpha value is -1.58. The number of fused-ring (bicyclic) bond motifs is 2. The molecule has 84 valence electrons. The van der Waals surface area contributed by atoms with Crippen molar-refractivity contribution in [3.8, 4) is 0 Å². The summed E-state index contributed by atoms with van der Waals surface area (Å²) in [5.74, 6) is 0.847. The fourth-order valence-electron chi connectivity index (χ4n) is 3.01. The Balaban J connectivity index is 1.82. The maximum absolute atomic E-state index is 10.6. The fourth-order valence-corrected chi connectivity index (χ4v) is 3.01. The molecule has 1 aromatic carbocycles. The minimum atomic E-state index is -0.347. The molecule has 2 aliphatic rings. The lowest BCUT2D eigenvalue weighted by Crippen LogP contribution is -2.31. The highest BCUT2D eigenvalue weighted by atomic mass is 16.6. The van der Waals surface area contributed by atoms with Crippen LogP contribution in [0, 0.1) is 16.0 Å². The molecule has 1 heterocycles. The van der Waals surface area contributed by atoms with Crippen molar-refractivity contribution in [2.75, 3.05) is 11.4 Å². The molecule has 2 unspecified atom stereocenters. The highest BCUT2D eigenvalue weighted by molar-refractivity contribution is 5.53. The number of hydrogen-bond donors (Lipinski definition) is 0. The van der Waals surface area contributed by atoms with E-state index in [1.54, 1.807) is 12.1 Å². The molecule has 2 atom stereocenters. The van der Waals surface area contributed by atoms with Gasteiger partial charge in [0.15, 0.2) is 0 Å². The summed E-state index contributed by atoms with van der Waals surface area (Å²) >= 11 is 0. The average Bonchev–Trinajstić information content (AvgIpc) is 2.91. The molecule has 1 aromatic rings. The van der Waals surface area contributed by atoms with Crippen molar-refractivity contribution in [1.29, 1.82) is 0 Å². The second-order valence-corrected chi connectivity index (χ2v) is 4.76. The largest absolute Gasteiger partial charge is 0.368 e. The Kier molecular flexibility index (Phi) is 2.09. The van der Waals surface area contributed by atoms with Crippen molar-refractivity contribution in [3.63, 3.8) is 0 Å². The number of nitro groups is 1. The minimum Gasteiger partial charge on any atom is -0.368 e. The van der Waals surface area contributed by atoms with Crippen LogP contribution in [0.4, 0.5) is 11.4 Å². The molecule has 3 rings (SSSR count). The molecule has 4 heteroatoms. The lowest BCUT2D eigenvalue weighted by atomic mass is 10.1. The van der Waals surface area contributed by atoms with E-state index in [0.29, 0.717) is 6.04 Å². The quantitative estimate of drug-likeness (QED) is 0.566. The van der Waals surface area contributed by atoms with Gasteiger partial charge >= 0.3 is 0 Å². The van der Waals surface area contributed by atoms with Crippen LogP contribution in [0.25, 0.3) is 0 Å². The van der Waals surface area contributed by atoms with E-state index in [4.69, 9.17) is 0 Å². The molecule has 0 amide bonds. The van der Waals surface area contributed by atoms with Crippen molar-refractivity contribution in [2.24, 2.45) is 5.92 Å². The zero-order valence-electron chi connectivity index (χ0n) is 9.00. The van der Waals surface area contributed by atoms with Gasteiger partial charge in [-0.15, -0.1) is 0 Å². The SMILES string of the molecule is O=[N+]([O-])c1ccc(N2CC3CCC2C3)cc1. The summed E-state index contributed by atoms with van der Waals surface area (Å²) in [6.07, 6.45) is 3.94. The van der Waals surface area contributed by atoms with Gasteiger partial charge in [0.1, 0.15) is 0 Å². The van der Waals surface area contributed by atoms with Crippen LogP contribution in [0.5, 0.6) is 0 Å². The second kappa shape index (κ2) is 3.47. The van der Waals surface area contributed by atoms with E-state index in [-0.39, 0.29) is 10.6 Å². The van der Waals surface area contributed by atoms with E-state index < -0.39 is 0 Å². The van der Waals surface area contributed by atoms with Crippen molar-refractivity contribution in [1.82, 2.24) is 0 Å². The van der Waals surface area contributed by atoms with Gasteiger partial charge in [-0.05, 0) is 37.3 Å². The first-order valence-electron chi connectivity index (χ1n) is 5.75. The molecule has 0 radical (unpaired) electrons. The zero-order valence-corrected chi connectivity index (χ0v) is 9.00. The van der Waals surface area contributed by atoms with E-state index in [1.807, 2.05) is 12.1 Å². The molecule has 2 bridgehead atoms. The Labute approximate surface area is 94.0 Å². The molecule has 4 nitrogen and oxygen atoms in total. The summed E-state index contributed by atoms with van der Waals surface area (Å²) in [6, 6.07) is 7.62. The monoisotopic (exact) mass is 218 g/mol. The number of hydrogen-bond acceptors (Lipinski definition) is 3. The topological polar surface area (TPSA) is 46.4 Å². The Bertz CT molecular complexity index is 416. The van der Waals surface area contributed by atoms with Gasteiger partial charge in [0, 0.05) is 30.4 Å². The number of nitro benzene ring substituents is 1. The van der Waals surface area contributed by atoms with Crippen LogP contribution in [0.1, 0.15) is 19.3 Å². The van der Waals surface area contributed by atoms with Gasteiger partial charge in [0.2, 0.25) is 0 Å². The van der Waals surface area contributed by atoms with Gasteiger partial charge in [0.05, 0.1) is 4.92 Å². The number of nitrogens with zero attached hydrogens (tertiary/aromatic N) is 2. The Morgan fingerprint density at radius 3 is 2.50 bits per heavy atom. The normalized spacial score (nSPS) is 27.4. The van der Waals surface area contributed by atoms with Crippen LogP contribution in [-0.4, -0.2) is 17.5 Å². The Morgan fingerprint density at radius 1 is 1.25 bits per heavy atom. The summed E-state index contributed by atoms with van der Waals surface area (Å²) in [5, 5.41) is 10.6. The minimum absolute atomic E-state index is 0.174. The van der Waals surface area contributed by atoms with E-state index in [1.165, 1.54) is 19.3 Å². The molecular weight excluding hydrogens is 204 g/mol. The number of anilines is 1. The zero-order chi connectivity index (χ0) is 11.1. The first kappa shape index (κ1) is 9.63. The molecule has 2 fully saturated rings. The first-order valence-corrected chi connectivity index (χ1v) is 5.75. The number of rotatable bonds is 2. The van der Waals surface area contributed by atoms with Gasteiger partial charge in [-0.2, -0.15) is 0 Å². The third kappa shape index (κ3) is 1.45. The highest BCUT2D eigenvalue weighted by Gasteiger charge is 2.37. The van der Waals surface area contributed by atoms with Crippen molar-refractivity contribution < 1.29 is 4.92 Å². The highest BCUT2D eigenvalue weighted by Crippen LogP contribution is 2.40. The lowest BCUT2D eigenvalue weighted by Gasteiger charge is -2.28. The third-order valence-electron chi connectivity index (χ3n) is 3.80. The first-order chi connectivity index (χ1) is 7.74. The van der Waals surface area contributed by atoms with Crippen LogP contribution in [0.15, 0.2) is 24.3 Å². The van der Waals surface area contributed by atoms with Crippen LogP contribution in [0.3, 0.4) is 0 Å². The lowest BCUT2D eigenvalue weighted by molar-refractivity contribution is -0.384. The maximum atomic E-state index is 10.6. The summed E-state index contributed by atoms with van der Waals surface area (Å²) in [5.41, 5.74) is 1.31. The van der Waals surface area contributed by atoms with Gasteiger partial charge in [-0.3, -0.25) is 10.1 Å².